The number of carbonyl (C=O) groups is 3. The first-order valence-electron chi connectivity index (χ1n) is 9.09. The molecule has 0 aromatic heterocycles. The molecule has 0 aliphatic heterocycles. The van der Waals surface area contributed by atoms with E-state index >= 15 is 0 Å². The summed E-state index contributed by atoms with van der Waals surface area (Å²) in [4.78, 5) is 30.7. The summed E-state index contributed by atoms with van der Waals surface area (Å²) in [6.45, 7) is 9.51. The molecule has 0 heterocycles. The standard InChI is InChI=1S/2C7H15NO2.C4H9NO2/c1-5(2)4-6(8-3)7(9)10;1-4-5(2)6(8-3)7(9)10;1-3(5-2)4(6)7/h2*5-6,8H,4H2,1-3H3,(H,9,10);3,5H,1-2H3,(H,6,7). The van der Waals surface area contributed by atoms with Crippen molar-refractivity contribution in [3.05, 3.63) is 0 Å². The van der Waals surface area contributed by atoms with E-state index < -0.39 is 30.0 Å². The van der Waals surface area contributed by atoms with Crippen LogP contribution in [0.1, 0.15) is 47.5 Å². The molecule has 0 aliphatic rings. The Kier molecular flexibility index (Phi) is 19.7. The Morgan fingerprint density at radius 1 is 0.778 bits per heavy atom. The molecule has 162 valence electrons. The molecule has 0 aromatic carbocycles. The Labute approximate surface area is 162 Å². The fourth-order valence-corrected chi connectivity index (χ4v) is 1.82. The fourth-order valence-electron chi connectivity index (χ4n) is 1.82. The Morgan fingerprint density at radius 3 is 1.33 bits per heavy atom. The fraction of sp³-hybridized carbons (Fsp3) is 0.833. The number of hydrogen-bond donors (Lipinski definition) is 6. The maximum Gasteiger partial charge on any atom is 0.320 e. The lowest BCUT2D eigenvalue weighted by Gasteiger charge is -2.16. The molecule has 0 fully saturated rings. The van der Waals surface area contributed by atoms with Crippen LogP contribution in [0, 0.1) is 11.8 Å². The van der Waals surface area contributed by atoms with Crippen molar-refractivity contribution < 1.29 is 29.7 Å². The third-order valence-electron chi connectivity index (χ3n) is 3.95. The molecular weight excluding hydrogens is 354 g/mol. The van der Waals surface area contributed by atoms with Crippen LogP contribution in [-0.2, 0) is 14.4 Å². The van der Waals surface area contributed by atoms with Crippen LogP contribution >= 0.6 is 0 Å². The molecule has 6 N–H and O–H groups in total. The molecule has 4 unspecified atom stereocenters. The molecule has 0 bridgehead atoms. The van der Waals surface area contributed by atoms with E-state index in [0.29, 0.717) is 12.3 Å². The Balaban J connectivity index is -0.000000326. The van der Waals surface area contributed by atoms with Crippen LogP contribution in [0.25, 0.3) is 0 Å². The monoisotopic (exact) mass is 393 g/mol. The van der Waals surface area contributed by atoms with Crippen LogP contribution < -0.4 is 16.0 Å². The van der Waals surface area contributed by atoms with Crippen LogP contribution in [0.2, 0.25) is 0 Å². The van der Waals surface area contributed by atoms with Gasteiger partial charge >= 0.3 is 17.9 Å². The van der Waals surface area contributed by atoms with E-state index in [1.807, 2.05) is 27.7 Å². The van der Waals surface area contributed by atoms with Crippen LogP contribution in [0.15, 0.2) is 0 Å². The molecule has 4 atom stereocenters. The van der Waals surface area contributed by atoms with E-state index in [1.165, 1.54) is 0 Å². The van der Waals surface area contributed by atoms with Crippen molar-refractivity contribution in [2.75, 3.05) is 21.1 Å². The van der Waals surface area contributed by atoms with Gasteiger partial charge in [0.1, 0.15) is 18.1 Å². The Morgan fingerprint density at radius 2 is 1.26 bits per heavy atom. The van der Waals surface area contributed by atoms with Gasteiger partial charge in [-0.3, -0.25) is 14.4 Å². The van der Waals surface area contributed by atoms with Crippen molar-refractivity contribution in [2.45, 2.75) is 65.6 Å². The zero-order valence-electron chi connectivity index (χ0n) is 17.9. The van der Waals surface area contributed by atoms with Crippen molar-refractivity contribution in [1.82, 2.24) is 16.0 Å². The predicted molar refractivity (Wildman–Crippen MR) is 106 cm³/mol. The van der Waals surface area contributed by atoms with Gasteiger partial charge < -0.3 is 31.3 Å². The van der Waals surface area contributed by atoms with Crippen molar-refractivity contribution in [2.24, 2.45) is 11.8 Å². The highest BCUT2D eigenvalue weighted by Gasteiger charge is 2.20. The number of likely N-dealkylation sites (N-methyl/N-ethyl adjacent to an activating group) is 3. The number of hydrogen-bond acceptors (Lipinski definition) is 6. The molecule has 0 spiro atoms. The van der Waals surface area contributed by atoms with E-state index in [2.05, 4.69) is 16.0 Å². The van der Waals surface area contributed by atoms with Crippen molar-refractivity contribution in [1.29, 1.82) is 0 Å². The van der Waals surface area contributed by atoms with Crippen LogP contribution in [0.3, 0.4) is 0 Å². The Bertz CT molecular complexity index is 418. The minimum absolute atomic E-state index is 0.197. The Hall–Kier alpha value is -1.71. The summed E-state index contributed by atoms with van der Waals surface area (Å²) in [6, 6.07) is -1.22. The van der Waals surface area contributed by atoms with E-state index in [0.717, 1.165) is 6.42 Å². The first-order valence-corrected chi connectivity index (χ1v) is 9.09. The summed E-state index contributed by atoms with van der Waals surface area (Å²) < 4.78 is 0. The summed E-state index contributed by atoms with van der Waals surface area (Å²) in [7, 11) is 4.95. The highest BCUT2D eigenvalue weighted by molar-refractivity contribution is 5.74. The first kappa shape index (κ1) is 30.0. The molecule has 27 heavy (non-hydrogen) atoms. The van der Waals surface area contributed by atoms with Gasteiger partial charge in [0.15, 0.2) is 0 Å². The quantitative estimate of drug-likeness (QED) is 0.321. The molecule has 0 aromatic rings. The average Bonchev–Trinajstić information content (AvgIpc) is 2.59. The second-order valence-corrected chi connectivity index (χ2v) is 6.65. The first-order chi connectivity index (χ1) is 12.4. The largest absolute Gasteiger partial charge is 0.480 e. The third kappa shape index (κ3) is 17.5. The summed E-state index contributed by atoms with van der Waals surface area (Å²) in [5.41, 5.74) is 0. The molecule has 0 amide bonds. The van der Waals surface area contributed by atoms with Gasteiger partial charge in [-0.25, -0.2) is 0 Å². The van der Waals surface area contributed by atoms with Gasteiger partial charge in [-0.15, -0.1) is 0 Å². The highest BCUT2D eigenvalue weighted by Crippen LogP contribution is 2.06. The smallest absolute Gasteiger partial charge is 0.320 e. The third-order valence-corrected chi connectivity index (χ3v) is 3.95. The van der Waals surface area contributed by atoms with E-state index in [1.54, 1.807) is 28.1 Å². The maximum atomic E-state index is 10.5. The van der Waals surface area contributed by atoms with Gasteiger partial charge in [-0.05, 0) is 46.3 Å². The average molecular weight is 394 g/mol. The number of aliphatic carboxylic acids is 3. The van der Waals surface area contributed by atoms with Crippen LogP contribution in [0.5, 0.6) is 0 Å². The number of carboxylic acids is 3. The summed E-state index contributed by atoms with van der Waals surface area (Å²) >= 11 is 0. The minimum atomic E-state index is -0.817. The lowest BCUT2D eigenvalue weighted by atomic mass is 10.00. The van der Waals surface area contributed by atoms with Crippen molar-refractivity contribution in [3.63, 3.8) is 0 Å². The molecule has 0 saturated carbocycles. The maximum absolute atomic E-state index is 10.5. The van der Waals surface area contributed by atoms with Gasteiger partial charge in [0.2, 0.25) is 0 Å². The van der Waals surface area contributed by atoms with E-state index in [-0.39, 0.29) is 12.0 Å². The summed E-state index contributed by atoms with van der Waals surface area (Å²) in [5.74, 6) is -1.73. The second-order valence-electron chi connectivity index (χ2n) is 6.65. The highest BCUT2D eigenvalue weighted by atomic mass is 16.4. The second kappa shape index (κ2) is 17.7. The normalized spacial score (nSPS) is 14.6. The van der Waals surface area contributed by atoms with Gasteiger partial charge in [-0.1, -0.05) is 34.1 Å². The van der Waals surface area contributed by atoms with E-state index in [9.17, 15) is 14.4 Å². The molecule has 0 rings (SSSR count). The van der Waals surface area contributed by atoms with E-state index in [4.69, 9.17) is 15.3 Å². The topological polar surface area (TPSA) is 148 Å². The molecule has 0 saturated heterocycles. The van der Waals surface area contributed by atoms with Crippen molar-refractivity contribution >= 4 is 17.9 Å². The van der Waals surface area contributed by atoms with Gasteiger partial charge in [-0.2, -0.15) is 0 Å². The lowest BCUT2D eigenvalue weighted by Crippen LogP contribution is -2.39. The number of rotatable bonds is 10. The SMILES string of the molecule is CCC(C)C(NC)C(=O)O.CNC(C)C(=O)O.CNC(CC(C)C)C(=O)O. The minimum Gasteiger partial charge on any atom is -0.480 e. The molecule has 0 aliphatic carbocycles. The van der Waals surface area contributed by atoms with Gasteiger partial charge in [0.05, 0.1) is 0 Å². The summed E-state index contributed by atoms with van der Waals surface area (Å²) in [5, 5.41) is 33.3. The number of nitrogens with one attached hydrogen (secondary N) is 3. The molecule has 9 nitrogen and oxygen atoms in total. The zero-order chi connectivity index (χ0) is 22.2. The zero-order valence-corrected chi connectivity index (χ0v) is 17.9. The van der Waals surface area contributed by atoms with Crippen molar-refractivity contribution in [3.8, 4) is 0 Å². The molecular formula is C18H39N3O6. The molecule has 0 radical (unpaired) electrons. The predicted octanol–water partition coefficient (Wildman–Crippen LogP) is 1.09. The van der Waals surface area contributed by atoms with Gasteiger partial charge in [0, 0.05) is 0 Å². The molecule has 9 heteroatoms. The summed E-state index contributed by atoms with van der Waals surface area (Å²) in [6.07, 6.45) is 1.57. The van der Waals surface area contributed by atoms with Crippen LogP contribution in [-0.4, -0.2) is 72.5 Å². The number of carboxylic acid groups (broad SMARTS) is 3. The van der Waals surface area contributed by atoms with Crippen LogP contribution in [0.4, 0.5) is 0 Å². The lowest BCUT2D eigenvalue weighted by molar-refractivity contribution is -0.141. The van der Waals surface area contributed by atoms with Gasteiger partial charge in [0.25, 0.3) is 0 Å².